The van der Waals surface area contributed by atoms with Crippen LogP contribution in [0.1, 0.15) is 17.3 Å². The van der Waals surface area contributed by atoms with Gasteiger partial charge in [0.1, 0.15) is 6.04 Å². The largest absolute Gasteiger partial charge is 0.340 e. The summed E-state index contributed by atoms with van der Waals surface area (Å²) in [7, 11) is 0. The summed E-state index contributed by atoms with van der Waals surface area (Å²) in [5.41, 5.74) is 1.03. The van der Waals surface area contributed by atoms with Gasteiger partial charge in [-0.1, -0.05) is 41.9 Å². The molecule has 0 radical (unpaired) electrons. The van der Waals surface area contributed by atoms with Crippen LogP contribution in [0.2, 0.25) is 5.02 Å². The van der Waals surface area contributed by atoms with Crippen LogP contribution in [0.15, 0.2) is 54.6 Å². The molecule has 0 bridgehead atoms. The zero-order chi connectivity index (χ0) is 15.2. The molecule has 2 aromatic carbocycles. The monoisotopic (exact) mass is 302 g/mol. The normalized spacial score (nSPS) is 11.5. The van der Waals surface area contributed by atoms with Crippen LogP contribution in [0.5, 0.6) is 0 Å². The number of halogens is 1. The van der Waals surface area contributed by atoms with Crippen molar-refractivity contribution in [3.05, 3.63) is 65.2 Å². The molecule has 5 heteroatoms. The van der Waals surface area contributed by atoms with E-state index in [1.165, 1.54) is 0 Å². The van der Waals surface area contributed by atoms with E-state index in [0.717, 1.165) is 0 Å². The van der Waals surface area contributed by atoms with Crippen molar-refractivity contribution in [2.24, 2.45) is 0 Å². The second-order valence-electron chi connectivity index (χ2n) is 4.53. The molecule has 2 aromatic rings. The summed E-state index contributed by atoms with van der Waals surface area (Å²) in [5.74, 6) is -0.669. The predicted octanol–water partition coefficient (Wildman–Crippen LogP) is 3.10. The van der Waals surface area contributed by atoms with Crippen molar-refractivity contribution in [1.82, 2.24) is 5.32 Å². The van der Waals surface area contributed by atoms with E-state index in [9.17, 15) is 9.59 Å². The van der Waals surface area contributed by atoms with Gasteiger partial charge in [0.15, 0.2) is 0 Å². The molecule has 0 heterocycles. The minimum Gasteiger partial charge on any atom is -0.340 e. The van der Waals surface area contributed by atoms with Gasteiger partial charge in [0, 0.05) is 5.69 Å². The lowest BCUT2D eigenvalue weighted by atomic mass is 10.2. The molecule has 0 spiro atoms. The number of hydrogen-bond acceptors (Lipinski definition) is 2. The van der Waals surface area contributed by atoms with Crippen molar-refractivity contribution >= 4 is 29.1 Å². The van der Waals surface area contributed by atoms with Gasteiger partial charge < -0.3 is 10.6 Å². The minimum atomic E-state index is -0.672. The second-order valence-corrected chi connectivity index (χ2v) is 4.94. The van der Waals surface area contributed by atoms with Crippen LogP contribution < -0.4 is 10.6 Å². The average Bonchev–Trinajstić information content (AvgIpc) is 2.48. The first-order valence-electron chi connectivity index (χ1n) is 6.49. The highest BCUT2D eigenvalue weighted by Crippen LogP contribution is 2.14. The summed E-state index contributed by atoms with van der Waals surface area (Å²) >= 11 is 5.95. The van der Waals surface area contributed by atoms with Crippen LogP contribution in [0.3, 0.4) is 0 Å². The van der Waals surface area contributed by atoms with Gasteiger partial charge in [-0.05, 0) is 31.2 Å². The SMILES string of the molecule is C[C@H](NC(=O)c1ccccc1Cl)C(=O)Nc1ccccc1. The van der Waals surface area contributed by atoms with Crippen LogP contribution in [-0.4, -0.2) is 17.9 Å². The number of rotatable bonds is 4. The maximum atomic E-state index is 12.1. The van der Waals surface area contributed by atoms with Crippen molar-refractivity contribution in [2.75, 3.05) is 5.32 Å². The molecule has 0 saturated carbocycles. The van der Waals surface area contributed by atoms with E-state index >= 15 is 0 Å². The zero-order valence-corrected chi connectivity index (χ0v) is 12.2. The van der Waals surface area contributed by atoms with E-state index in [-0.39, 0.29) is 11.8 Å². The summed E-state index contributed by atoms with van der Waals surface area (Å²) in [6.45, 7) is 1.62. The molecule has 108 valence electrons. The predicted molar refractivity (Wildman–Crippen MR) is 83.5 cm³/mol. The molecular formula is C16H15ClN2O2. The van der Waals surface area contributed by atoms with Gasteiger partial charge in [-0.15, -0.1) is 0 Å². The molecule has 0 aromatic heterocycles. The Balaban J connectivity index is 1.98. The van der Waals surface area contributed by atoms with E-state index in [2.05, 4.69) is 10.6 Å². The van der Waals surface area contributed by atoms with E-state index in [0.29, 0.717) is 16.3 Å². The Morgan fingerprint density at radius 3 is 2.29 bits per heavy atom. The highest BCUT2D eigenvalue weighted by molar-refractivity contribution is 6.33. The fraction of sp³-hybridized carbons (Fsp3) is 0.125. The fourth-order valence-corrected chi connectivity index (χ4v) is 1.98. The zero-order valence-electron chi connectivity index (χ0n) is 11.5. The minimum absolute atomic E-state index is 0.290. The molecule has 2 rings (SSSR count). The van der Waals surface area contributed by atoms with Crippen LogP contribution in [0.4, 0.5) is 5.69 Å². The number of carbonyl (C=O) groups excluding carboxylic acids is 2. The van der Waals surface area contributed by atoms with Crippen molar-refractivity contribution in [2.45, 2.75) is 13.0 Å². The molecule has 2 N–H and O–H groups in total. The lowest BCUT2D eigenvalue weighted by Crippen LogP contribution is -2.41. The number of carbonyl (C=O) groups is 2. The van der Waals surface area contributed by atoms with Gasteiger partial charge in [0.05, 0.1) is 10.6 Å². The van der Waals surface area contributed by atoms with E-state index < -0.39 is 6.04 Å². The topological polar surface area (TPSA) is 58.2 Å². The van der Waals surface area contributed by atoms with Gasteiger partial charge in [-0.2, -0.15) is 0 Å². The Kier molecular flexibility index (Phi) is 4.95. The molecule has 4 nitrogen and oxygen atoms in total. The third kappa shape index (κ3) is 4.07. The maximum Gasteiger partial charge on any atom is 0.253 e. The Morgan fingerprint density at radius 2 is 1.62 bits per heavy atom. The summed E-state index contributed by atoms with van der Waals surface area (Å²) in [6.07, 6.45) is 0. The number of benzene rings is 2. The Morgan fingerprint density at radius 1 is 1.00 bits per heavy atom. The maximum absolute atomic E-state index is 12.1. The standard InChI is InChI=1S/C16H15ClN2O2/c1-11(15(20)19-12-7-3-2-4-8-12)18-16(21)13-9-5-6-10-14(13)17/h2-11H,1H3,(H,18,21)(H,19,20)/t11-/m0/s1. The average molecular weight is 303 g/mol. The number of nitrogens with one attached hydrogen (secondary N) is 2. The highest BCUT2D eigenvalue weighted by atomic mass is 35.5. The number of amides is 2. The Labute approximate surface area is 128 Å². The summed E-state index contributed by atoms with van der Waals surface area (Å²) in [5, 5.41) is 5.70. The van der Waals surface area contributed by atoms with E-state index in [1.54, 1.807) is 43.3 Å². The summed E-state index contributed by atoms with van der Waals surface area (Å²) in [6, 6.07) is 15.1. The van der Waals surface area contributed by atoms with E-state index in [4.69, 9.17) is 11.6 Å². The number of para-hydroxylation sites is 1. The molecule has 0 aliphatic carbocycles. The molecule has 21 heavy (non-hydrogen) atoms. The highest BCUT2D eigenvalue weighted by Gasteiger charge is 2.18. The molecule has 1 atom stereocenters. The summed E-state index contributed by atoms with van der Waals surface area (Å²) in [4.78, 5) is 24.1. The molecule has 0 fully saturated rings. The van der Waals surface area contributed by atoms with Crippen molar-refractivity contribution in [3.63, 3.8) is 0 Å². The summed E-state index contributed by atoms with van der Waals surface area (Å²) < 4.78 is 0. The quantitative estimate of drug-likeness (QED) is 0.912. The molecule has 0 unspecified atom stereocenters. The van der Waals surface area contributed by atoms with Gasteiger partial charge in [0.2, 0.25) is 5.91 Å². The van der Waals surface area contributed by atoms with Crippen molar-refractivity contribution in [1.29, 1.82) is 0 Å². The first kappa shape index (κ1) is 15.1. The van der Waals surface area contributed by atoms with Gasteiger partial charge in [-0.3, -0.25) is 9.59 Å². The first-order valence-corrected chi connectivity index (χ1v) is 6.87. The number of hydrogen-bond donors (Lipinski definition) is 2. The lowest BCUT2D eigenvalue weighted by molar-refractivity contribution is -0.117. The van der Waals surface area contributed by atoms with Crippen molar-refractivity contribution < 1.29 is 9.59 Å². The Hall–Kier alpha value is -2.33. The van der Waals surface area contributed by atoms with Gasteiger partial charge in [0.25, 0.3) is 5.91 Å². The Bertz CT molecular complexity index is 644. The second kappa shape index (κ2) is 6.90. The van der Waals surface area contributed by atoms with Crippen LogP contribution >= 0.6 is 11.6 Å². The van der Waals surface area contributed by atoms with Crippen LogP contribution in [0.25, 0.3) is 0 Å². The molecular weight excluding hydrogens is 288 g/mol. The van der Waals surface area contributed by atoms with Gasteiger partial charge in [-0.25, -0.2) is 0 Å². The third-order valence-electron chi connectivity index (χ3n) is 2.90. The van der Waals surface area contributed by atoms with Crippen molar-refractivity contribution in [3.8, 4) is 0 Å². The van der Waals surface area contributed by atoms with Crippen LogP contribution in [0, 0.1) is 0 Å². The molecule has 2 amide bonds. The van der Waals surface area contributed by atoms with Crippen LogP contribution in [-0.2, 0) is 4.79 Å². The molecule has 0 aliphatic rings. The lowest BCUT2D eigenvalue weighted by Gasteiger charge is -2.14. The third-order valence-corrected chi connectivity index (χ3v) is 3.23. The molecule has 0 saturated heterocycles. The first-order chi connectivity index (χ1) is 10.1. The smallest absolute Gasteiger partial charge is 0.253 e. The number of anilines is 1. The fourth-order valence-electron chi connectivity index (χ4n) is 1.76. The van der Waals surface area contributed by atoms with Gasteiger partial charge >= 0.3 is 0 Å². The van der Waals surface area contributed by atoms with E-state index in [1.807, 2.05) is 18.2 Å². The molecule has 0 aliphatic heterocycles.